The van der Waals surface area contributed by atoms with E-state index >= 15 is 0 Å². The Bertz CT molecular complexity index is 1670. The summed E-state index contributed by atoms with van der Waals surface area (Å²) < 4.78 is 7.41. The molecule has 0 unspecified atom stereocenters. The van der Waals surface area contributed by atoms with Gasteiger partial charge in [-0.15, -0.1) is 10.2 Å². The molecule has 4 aromatic carbocycles. The van der Waals surface area contributed by atoms with Crippen molar-refractivity contribution >= 4 is 33.3 Å². The molecule has 2 aromatic heterocycles. The Kier molecular flexibility index (Phi) is 5.11. The number of methoxy groups -OCH3 is 1. The van der Waals surface area contributed by atoms with E-state index in [0.717, 1.165) is 50.2 Å². The average Bonchev–Trinajstić information content (AvgIpc) is 3.32. The third kappa shape index (κ3) is 3.75. The van der Waals surface area contributed by atoms with Gasteiger partial charge in [-0.1, -0.05) is 42.5 Å². The third-order valence-corrected chi connectivity index (χ3v) is 6.24. The van der Waals surface area contributed by atoms with E-state index in [9.17, 15) is 0 Å². The van der Waals surface area contributed by atoms with Crippen LogP contribution in [0.1, 0.15) is 5.56 Å². The van der Waals surface area contributed by atoms with Crippen LogP contribution in [0, 0.1) is 6.92 Å². The number of para-hydroxylation sites is 1. The van der Waals surface area contributed by atoms with E-state index in [1.807, 2.05) is 67.0 Å². The van der Waals surface area contributed by atoms with Gasteiger partial charge in [0.05, 0.1) is 23.8 Å². The molecular weight excluding hydrogens is 434 g/mol. The van der Waals surface area contributed by atoms with Gasteiger partial charge >= 0.3 is 0 Å². The molecule has 0 aliphatic carbocycles. The maximum absolute atomic E-state index is 5.29. The van der Waals surface area contributed by atoms with Gasteiger partial charge in [0.15, 0.2) is 5.82 Å². The second kappa shape index (κ2) is 8.57. The maximum atomic E-state index is 5.29. The van der Waals surface area contributed by atoms with Gasteiger partial charge in [0, 0.05) is 22.0 Å². The van der Waals surface area contributed by atoms with E-state index in [-0.39, 0.29) is 0 Å². The molecule has 1 N–H and O–H groups in total. The van der Waals surface area contributed by atoms with E-state index in [1.165, 1.54) is 5.56 Å². The van der Waals surface area contributed by atoms with Crippen molar-refractivity contribution in [3.8, 4) is 22.7 Å². The smallest absolute Gasteiger partial charge is 0.161 e. The van der Waals surface area contributed by atoms with E-state index in [2.05, 4.69) is 62.3 Å². The van der Waals surface area contributed by atoms with Gasteiger partial charge in [0.2, 0.25) is 0 Å². The Morgan fingerprint density at radius 1 is 0.800 bits per heavy atom. The molecule has 0 aliphatic heterocycles. The highest BCUT2D eigenvalue weighted by Crippen LogP contribution is 2.32. The number of aromatic nitrogens is 4. The van der Waals surface area contributed by atoms with Gasteiger partial charge in [0.1, 0.15) is 17.8 Å². The number of fused-ring (bicyclic) bond motifs is 2. The zero-order valence-corrected chi connectivity index (χ0v) is 19.4. The van der Waals surface area contributed by atoms with Crippen LogP contribution in [0.25, 0.3) is 38.8 Å². The zero-order chi connectivity index (χ0) is 23.8. The number of ether oxygens (including phenoxy) is 1. The first-order chi connectivity index (χ1) is 17.2. The largest absolute Gasteiger partial charge is 0.497 e. The monoisotopic (exact) mass is 457 g/mol. The fourth-order valence-corrected chi connectivity index (χ4v) is 4.41. The van der Waals surface area contributed by atoms with E-state index in [1.54, 1.807) is 7.11 Å². The summed E-state index contributed by atoms with van der Waals surface area (Å²) in [5, 5.41) is 14.6. The SMILES string of the molecule is COc1ccc(-c2nnc(Nc3ccc4c(c3)ncn4-c3ccccc3C)c3ccccc23)cc1. The van der Waals surface area contributed by atoms with Crippen LogP contribution in [-0.4, -0.2) is 26.9 Å². The molecular formula is C29H23N5O. The molecule has 0 amide bonds. The van der Waals surface area contributed by atoms with Crippen molar-refractivity contribution in [2.75, 3.05) is 12.4 Å². The molecule has 0 spiro atoms. The Balaban J connectivity index is 1.37. The highest BCUT2D eigenvalue weighted by Gasteiger charge is 2.13. The van der Waals surface area contributed by atoms with Gasteiger partial charge in [0.25, 0.3) is 0 Å². The Morgan fingerprint density at radius 2 is 1.57 bits per heavy atom. The average molecular weight is 458 g/mol. The fraction of sp³-hybridized carbons (Fsp3) is 0.0690. The minimum absolute atomic E-state index is 0.704. The minimum atomic E-state index is 0.704. The van der Waals surface area contributed by atoms with Crippen LogP contribution in [0.5, 0.6) is 5.75 Å². The van der Waals surface area contributed by atoms with Crippen LogP contribution in [0.2, 0.25) is 0 Å². The van der Waals surface area contributed by atoms with Crippen LogP contribution >= 0.6 is 0 Å². The molecule has 6 aromatic rings. The summed E-state index contributed by atoms with van der Waals surface area (Å²) in [4.78, 5) is 4.65. The highest BCUT2D eigenvalue weighted by atomic mass is 16.5. The highest BCUT2D eigenvalue weighted by molar-refractivity contribution is 6.01. The molecule has 6 rings (SSSR count). The molecule has 0 aliphatic rings. The third-order valence-electron chi connectivity index (χ3n) is 6.24. The first-order valence-corrected chi connectivity index (χ1v) is 11.4. The Hall–Kier alpha value is -4.71. The summed E-state index contributed by atoms with van der Waals surface area (Å²) in [7, 11) is 1.66. The number of benzene rings is 4. The minimum Gasteiger partial charge on any atom is -0.497 e. The summed E-state index contributed by atoms with van der Waals surface area (Å²) >= 11 is 0. The lowest BCUT2D eigenvalue weighted by Crippen LogP contribution is -1.99. The second-order valence-corrected chi connectivity index (χ2v) is 8.40. The molecule has 2 heterocycles. The van der Waals surface area contributed by atoms with E-state index < -0.39 is 0 Å². The number of hydrogen-bond donors (Lipinski definition) is 1. The van der Waals surface area contributed by atoms with Gasteiger partial charge in [-0.2, -0.15) is 0 Å². The number of nitrogens with zero attached hydrogens (tertiary/aromatic N) is 4. The molecule has 0 atom stereocenters. The fourth-order valence-electron chi connectivity index (χ4n) is 4.41. The van der Waals surface area contributed by atoms with Crippen LogP contribution in [-0.2, 0) is 0 Å². The van der Waals surface area contributed by atoms with Crippen LogP contribution in [0.4, 0.5) is 11.5 Å². The normalized spacial score (nSPS) is 11.1. The molecule has 35 heavy (non-hydrogen) atoms. The maximum Gasteiger partial charge on any atom is 0.161 e. The van der Waals surface area contributed by atoms with Gasteiger partial charge in [-0.25, -0.2) is 4.98 Å². The summed E-state index contributed by atoms with van der Waals surface area (Å²) in [5.41, 5.74) is 7.02. The number of rotatable bonds is 5. The molecule has 0 fully saturated rings. The van der Waals surface area contributed by atoms with Gasteiger partial charge in [-0.05, 0) is 61.0 Å². The number of anilines is 2. The topological polar surface area (TPSA) is 64.9 Å². The number of hydrogen-bond acceptors (Lipinski definition) is 5. The van der Waals surface area contributed by atoms with Gasteiger partial charge < -0.3 is 10.1 Å². The quantitative estimate of drug-likeness (QED) is 0.312. The first kappa shape index (κ1) is 20.9. The zero-order valence-electron chi connectivity index (χ0n) is 19.4. The molecule has 170 valence electrons. The Labute approximate surface area is 202 Å². The van der Waals surface area contributed by atoms with E-state index in [4.69, 9.17) is 4.74 Å². The standard InChI is InChI=1S/C29H23N5O/c1-19-7-3-6-10-26(19)34-18-30-25-17-21(13-16-27(25)34)31-29-24-9-5-4-8-23(24)28(32-33-29)20-11-14-22(35-2)15-12-20/h3-18H,1-2H3,(H,31,33). The number of aryl methyl sites for hydroxylation is 1. The molecule has 0 saturated carbocycles. The van der Waals surface area contributed by atoms with Crippen LogP contribution in [0.3, 0.4) is 0 Å². The summed E-state index contributed by atoms with van der Waals surface area (Å²) in [6.45, 7) is 2.11. The van der Waals surface area contributed by atoms with E-state index in [0.29, 0.717) is 5.82 Å². The lowest BCUT2D eigenvalue weighted by atomic mass is 10.0. The van der Waals surface area contributed by atoms with Crippen molar-refractivity contribution in [3.05, 3.63) is 103 Å². The van der Waals surface area contributed by atoms with Crippen LogP contribution < -0.4 is 10.1 Å². The van der Waals surface area contributed by atoms with Crippen molar-refractivity contribution in [2.45, 2.75) is 6.92 Å². The predicted octanol–water partition coefficient (Wildman–Crippen LogP) is 6.70. The number of nitrogens with one attached hydrogen (secondary N) is 1. The molecule has 0 radical (unpaired) electrons. The van der Waals surface area contributed by atoms with Crippen molar-refractivity contribution in [1.82, 2.24) is 19.7 Å². The van der Waals surface area contributed by atoms with Crippen molar-refractivity contribution in [1.29, 1.82) is 0 Å². The van der Waals surface area contributed by atoms with Gasteiger partial charge in [-0.3, -0.25) is 4.57 Å². The van der Waals surface area contributed by atoms with Crippen molar-refractivity contribution in [3.63, 3.8) is 0 Å². The lowest BCUT2D eigenvalue weighted by molar-refractivity contribution is 0.415. The Morgan fingerprint density at radius 3 is 2.37 bits per heavy atom. The number of imidazole rings is 1. The summed E-state index contributed by atoms with van der Waals surface area (Å²) in [5.74, 6) is 1.51. The second-order valence-electron chi connectivity index (χ2n) is 8.40. The molecule has 0 saturated heterocycles. The summed E-state index contributed by atoms with van der Waals surface area (Å²) in [6, 6.07) is 30.5. The molecule has 6 heteroatoms. The molecule has 6 nitrogen and oxygen atoms in total. The van der Waals surface area contributed by atoms with Crippen molar-refractivity contribution < 1.29 is 4.74 Å². The first-order valence-electron chi connectivity index (χ1n) is 11.4. The lowest BCUT2D eigenvalue weighted by Gasteiger charge is -2.12. The summed E-state index contributed by atoms with van der Waals surface area (Å²) in [6.07, 6.45) is 1.87. The van der Waals surface area contributed by atoms with Crippen LogP contribution in [0.15, 0.2) is 97.3 Å². The van der Waals surface area contributed by atoms with Crippen molar-refractivity contribution in [2.24, 2.45) is 0 Å². The predicted molar refractivity (Wildman–Crippen MR) is 141 cm³/mol. The molecule has 0 bridgehead atoms.